The van der Waals surface area contributed by atoms with Crippen LogP contribution in [-0.2, 0) is 10.0 Å². The Hall–Kier alpha value is -1.43. The van der Waals surface area contributed by atoms with Crippen molar-refractivity contribution in [2.75, 3.05) is 4.72 Å². The monoisotopic (exact) mass is 343 g/mol. The van der Waals surface area contributed by atoms with Crippen LogP contribution < -0.4 is 4.72 Å². The molecular weight excluding hydrogens is 338 g/mol. The first-order valence-electron chi connectivity index (χ1n) is 4.65. The molecular formula is C10H6BrN3O2S2. The third-order valence-electron chi connectivity index (χ3n) is 1.94. The molecule has 8 heteroatoms. The summed E-state index contributed by atoms with van der Waals surface area (Å²) in [6, 6.07) is 7.93. The Labute approximate surface area is 116 Å². The van der Waals surface area contributed by atoms with Gasteiger partial charge in [0.2, 0.25) is 0 Å². The van der Waals surface area contributed by atoms with Gasteiger partial charge in [-0.1, -0.05) is 0 Å². The number of nitrogens with zero attached hydrogens (tertiary/aromatic N) is 2. The van der Waals surface area contributed by atoms with Crippen molar-refractivity contribution >= 4 is 43.1 Å². The predicted molar refractivity (Wildman–Crippen MR) is 71.8 cm³/mol. The average Bonchev–Trinajstić information content (AvgIpc) is 2.76. The van der Waals surface area contributed by atoms with Crippen LogP contribution in [0, 0.1) is 11.3 Å². The van der Waals surface area contributed by atoms with Crippen LogP contribution in [0.4, 0.5) is 5.82 Å². The highest BCUT2D eigenvalue weighted by atomic mass is 79.9. The van der Waals surface area contributed by atoms with Crippen molar-refractivity contribution in [1.29, 1.82) is 5.26 Å². The molecule has 0 aromatic carbocycles. The van der Waals surface area contributed by atoms with Gasteiger partial charge >= 0.3 is 0 Å². The SMILES string of the molecule is N#Cc1ccnc(NS(=O)(=O)c2ccc(Br)s2)c1. The van der Waals surface area contributed by atoms with Gasteiger partial charge in [-0.2, -0.15) is 5.26 Å². The molecule has 2 aromatic heterocycles. The van der Waals surface area contributed by atoms with E-state index in [1.807, 2.05) is 6.07 Å². The van der Waals surface area contributed by atoms with Crippen molar-refractivity contribution in [3.8, 4) is 6.07 Å². The second-order valence-electron chi connectivity index (χ2n) is 3.21. The fourth-order valence-electron chi connectivity index (χ4n) is 1.19. The van der Waals surface area contributed by atoms with E-state index in [1.165, 1.54) is 24.4 Å². The molecule has 0 amide bonds. The van der Waals surface area contributed by atoms with E-state index in [1.54, 1.807) is 6.07 Å². The van der Waals surface area contributed by atoms with Gasteiger partial charge in [0.25, 0.3) is 10.0 Å². The molecule has 5 nitrogen and oxygen atoms in total. The Bertz CT molecular complexity index is 719. The number of aromatic nitrogens is 1. The molecule has 18 heavy (non-hydrogen) atoms. The molecule has 0 aliphatic heterocycles. The maximum atomic E-state index is 12.0. The maximum Gasteiger partial charge on any atom is 0.272 e. The molecule has 2 rings (SSSR count). The first kappa shape index (κ1) is 13.0. The standard InChI is InChI=1S/C10H6BrN3O2S2/c11-8-1-2-10(17-8)18(15,16)14-9-5-7(6-12)3-4-13-9/h1-5H,(H,13,14). The number of nitrogens with one attached hydrogen (secondary N) is 1. The number of pyridine rings is 1. The summed E-state index contributed by atoms with van der Waals surface area (Å²) in [5, 5.41) is 8.72. The molecule has 0 aliphatic rings. The van der Waals surface area contributed by atoms with E-state index >= 15 is 0 Å². The fraction of sp³-hybridized carbons (Fsp3) is 0. The smallest absolute Gasteiger partial charge is 0.263 e. The van der Waals surface area contributed by atoms with Gasteiger partial charge in [0.15, 0.2) is 0 Å². The lowest BCUT2D eigenvalue weighted by atomic mass is 10.3. The molecule has 0 spiro atoms. The summed E-state index contributed by atoms with van der Waals surface area (Å²) in [5.41, 5.74) is 0.343. The van der Waals surface area contributed by atoms with Crippen molar-refractivity contribution in [2.24, 2.45) is 0 Å². The molecule has 92 valence electrons. The number of anilines is 1. The second kappa shape index (κ2) is 5.06. The lowest BCUT2D eigenvalue weighted by Gasteiger charge is -2.04. The Morgan fingerprint density at radius 2 is 2.17 bits per heavy atom. The summed E-state index contributed by atoms with van der Waals surface area (Å²) in [5.74, 6) is 0.124. The van der Waals surface area contributed by atoms with Gasteiger partial charge in [0.1, 0.15) is 10.0 Å². The minimum Gasteiger partial charge on any atom is -0.263 e. The van der Waals surface area contributed by atoms with Crippen molar-refractivity contribution < 1.29 is 8.42 Å². The summed E-state index contributed by atoms with van der Waals surface area (Å²) in [6.45, 7) is 0. The van der Waals surface area contributed by atoms with Crippen LogP contribution in [0.15, 0.2) is 38.5 Å². The predicted octanol–water partition coefficient (Wildman–Crippen LogP) is 2.58. The minimum absolute atomic E-state index is 0.124. The molecule has 0 aliphatic carbocycles. The molecule has 0 saturated heterocycles. The van der Waals surface area contributed by atoms with E-state index < -0.39 is 10.0 Å². The van der Waals surface area contributed by atoms with Crippen LogP contribution in [0.1, 0.15) is 5.56 Å². The number of rotatable bonds is 3. The second-order valence-corrected chi connectivity index (χ2v) is 7.58. The summed E-state index contributed by atoms with van der Waals surface area (Å²) >= 11 is 4.30. The van der Waals surface area contributed by atoms with E-state index in [2.05, 4.69) is 25.6 Å². The van der Waals surface area contributed by atoms with Crippen molar-refractivity contribution in [3.05, 3.63) is 39.8 Å². The van der Waals surface area contributed by atoms with E-state index in [0.29, 0.717) is 5.56 Å². The van der Waals surface area contributed by atoms with Gasteiger partial charge in [-0.15, -0.1) is 11.3 Å². The van der Waals surface area contributed by atoms with E-state index in [0.717, 1.165) is 15.1 Å². The van der Waals surface area contributed by atoms with Crippen LogP contribution in [-0.4, -0.2) is 13.4 Å². The number of hydrogen-bond acceptors (Lipinski definition) is 5. The summed E-state index contributed by atoms with van der Waals surface area (Å²) < 4.78 is 27.2. The number of thiophene rings is 1. The zero-order chi connectivity index (χ0) is 13.2. The zero-order valence-electron chi connectivity index (χ0n) is 8.79. The summed E-state index contributed by atoms with van der Waals surface area (Å²) in [7, 11) is -3.65. The summed E-state index contributed by atoms with van der Waals surface area (Å²) in [6.07, 6.45) is 1.38. The zero-order valence-corrected chi connectivity index (χ0v) is 12.0. The van der Waals surface area contributed by atoms with Gasteiger partial charge in [0.05, 0.1) is 15.4 Å². The van der Waals surface area contributed by atoms with Crippen LogP contribution in [0.25, 0.3) is 0 Å². The third-order valence-corrected chi connectivity index (χ3v) is 5.41. The van der Waals surface area contributed by atoms with Crippen molar-refractivity contribution in [1.82, 2.24) is 4.98 Å². The van der Waals surface area contributed by atoms with Gasteiger partial charge in [-0.3, -0.25) is 4.72 Å². The number of halogens is 1. The van der Waals surface area contributed by atoms with Gasteiger partial charge in [-0.25, -0.2) is 13.4 Å². The number of nitriles is 1. The molecule has 1 N–H and O–H groups in total. The highest BCUT2D eigenvalue weighted by molar-refractivity contribution is 9.11. The number of sulfonamides is 1. The third kappa shape index (κ3) is 2.87. The molecule has 0 radical (unpaired) electrons. The first-order valence-corrected chi connectivity index (χ1v) is 7.75. The molecule has 0 fully saturated rings. The Morgan fingerprint density at radius 3 is 2.78 bits per heavy atom. The van der Waals surface area contributed by atoms with Crippen molar-refractivity contribution in [3.63, 3.8) is 0 Å². The minimum atomic E-state index is -3.65. The van der Waals surface area contributed by atoms with E-state index in [9.17, 15) is 8.42 Å². The largest absolute Gasteiger partial charge is 0.272 e. The Morgan fingerprint density at radius 1 is 1.39 bits per heavy atom. The maximum absolute atomic E-state index is 12.0. The number of hydrogen-bond donors (Lipinski definition) is 1. The normalized spacial score (nSPS) is 10.9. The highest BCUT2D eigenvalue weighted by Crippen LogP contribution is 2.27. The van der Waals surface area contributed by atoms with Gasteiger partial charge in [0, 0.05) is 6.20 Å². The first-order chi connectivity index (χ1) is 8.51. The van der Waals surface area contributed by atoms with Crippen LogP contribution in [0.3, 0.4) is 0 Å². The molecule has 0 atom stereocenters. The van der Waals surface area contributed by atoms with Crippen LogP contribution >= 0.6 is 27.3 Å². The Kier molecular flexibility index (Phi) is 3.65. The fourth-order valence-corrected chi connectivity index (χ4v) is 4.20. The quantitative estimate of drug-likeness (QED) is 0.928. The summed E-state index contributed by atoms with van der Waals surface area (Å²) in [4.78, 5) is 3.86. The molecule has 2 aromatic rings. The highest BCUT2D eigenvalue weighted by Gasteiger charge is 2.17. The average molecular weight is 344 g/mol. The van der Waals surface area contributed by atoms with E-state index in [4.69, 9.17) is 5.26 Å². The molecule has 2 heterocycles. The van der Waals surface area contributed by atoms with Crippen molar-refractivity contribution in [2.45, 2.75) is 4.21 Å². The molecule has 0 bridgehead atoms. The Balaban J connectivity index is 2.31. The lowest BCUT2D eigenvalue weighted by Crippen LogP contribution is -2.12. The van der Waals surface area contributed by atoms with E-state index in [-0.39, 0.29) is 10.0 Å². The van der Waals surface area contributed by atoms with Crippen LogP contribution in [0.2, 0.25) is 0 Å². The topological polar surface area (TPSA) is 82.8 Å². The van der Waals surface area contributed by atoms with Gasteiger partial charge < -0.3 is 0 Å². The lowest BCUT2D eigenvalue weighted by molar-refractivity contribution is 0.603. The molecule has 0 saturated carbocycles. The van der Waals surface area contributed by atoms with Crippen LogP contribution in [0.5, 0.6) is 0 Å². The van der Waals surface area contributed by atoms with Gasteiger partial charge in [-0.05, 0) is 40.2 Å². The molecule has 0 unspecified atom stereocenters.